The Morgan fingerprint density at radius 2 is 0.941 bits per heavy atom. The Morgan fingerprint density at radius 3 is 1.28 bits per heavy atom. The molecule has 1 heterocycles. The maximum Gasteiger partial charge on any atom is 0.243 e. The van der Waals surface area contributed by atoms with E-state index in [4.69, 9.17) is 45.9 Å². The third-order valence-electron chi connectivity index (χ3n) is 11.5. The van der Waals surface area contributed by atoms with E-state index in [9.17, 15) is 38.4 Å². The number of thiol groups is 1. The molecule has 1 aliphatic heterocycles. The number of nitrogens with one attached hydrogen (secondary N) is 6. The number of guanidine groups is 1. The lowest BCUT2D eigenvalue weighted by Gasteiger charge is -2.29. The van der Waals surface area contributed by atoms with Crippen LogP contribution in [0.4, 0.5) is 0 Å². The van der Waals surface area contributed by atoms with Crippen LogP contribution in [0.3, 0.4) is 0 Å². The van der Waals surface area contributed by atoms with Crippen LogP contribution in [0.5, 0.6) is 0 Å². The molecule has 0 aliphatic carbocycles. The average Bonchev–Trinajstić information content (AvgIpc) is 3.80. The lowest BCUT2D eigenvalue weighted by molar-refractivity contribution is -0.140. The van der Waals surface area contributed by atoms with Gasteiger partial charge in [0.15, 0.2) is 5.96 Å². The smallest absolute Gasteiger partial charge is 0.243 e. The highest BCUT2D eigenvalue weighted by molar-refractivity contribution is 7.80. The SMILES string of the molecule is CC(C)[C@H](NC(=O)[C@H](CCCCN)NC(=O)[C@H](CCCN=C(N)N)NC(=O)[C@H](CCCCN)NC(=O)[C@H](CCCCN)NC(=O)[C@H](CCCCN)NC(=O)[C@@H]1CCCN1C(=O)[C@@H](N)CS)C(N)=O. The Labute approximate surface area is 406 Å². The number of nitrogens with two attached hydrogens (primary N) is 8. The van der Waals surface area contributed by atoms with Crippen molar-refractivity contribution in [2.75, 3.05) is 45.0 Å². The Balaban J connectivity index is 3.50. The van der Waals surface area contributed by atoms with Gasteiger partial charge < -0.3 is 82.7 Å². The molecule has 8 atom stereocenters. The number of aliphatic imine (C=N–C) groups is 1. The summed E-state index contributed by atoms with van der Waals surface area (Å²) < 4.78 is 0. The highest BCUT2D eigenvalue weighted by Crippen LogP contribution is 2.19. The van der Waals surface area contributed by atoms with E-state index in [1.807, 2.05) is 0 Å². The van der Waals surface area contributed by atoms with Crippen LogP contribution in [0, 0.1) is 5.92 Å². The minimum Gasteiger partial charge on any atom is -0.370 e. The second-order valence-corrected chi connectivity index (χ2v) is 17.9. The van der Waals surface area contributed by atoms with Gasteiger partial charge >= 0.3 is 0 Å². The van der Waals surface area contributed by atoms with Gasteiger partial charge in [0.1, 0.15) is 42.3 Å². The van der Waals surface area contributed by atoms with Gasteiger partial charge in [-0.25, -0.2) is 0 Å². The molecule has 1 fully saturated rings. The summed E-state index contributed by atoms with van der Waals surface area (Å²) in [6.07, 6.45) is 5.54. The summed E-state index contributed by atoms with van der Waals surface area (Å²) >= 11 is 4.12. The predicted octanol–water partition coefficient (Wildman–Crippen LogP) is -4.15. The van der Waals surface area contributed by atoms with Crippen molar-refractivity contribution in [3.8, 4) is 0 Å². The lowest BCUT2D eigenvalue weighted by atomic mass is 10.0. The molecule has 24 nitrogen and oxygen atoms in total. The number of amides is 8. The van der Waals surface area contributed by atoms with Gasteiger partial charge in [-0.2, -0.15) is 12.6 Å². The molecular formula is C43H84N16O8S. The Kier molecular flexibility index (Phi) is 31.0. The van der Waals surface area contributed by atoms with E-state index in [1.165, 1.54) is 4.90 Å². The van der Waals surface area contributed by atoms with Crippen molar-refractivity contribution in [3.05, 3.63) is 0 Å². The maximum absolute atomic E-state index is 14.2. The summed E-state index contributed by atoms with van der Waals surface area (Å²) in [5, 5.41) is 16.4. The molecule has 0 saturated carbocycles. The molecule has 0 spiro atoms. The van der Waals surface area contributed by atoms with E-state index in [1.54, 1.807) is 13.8 Å². The summed E-state index contributed by atoms with van der Waals surface area (Å²) in [6, 6.07) is -8.69. The van der Waals surface area contributed by atoms with E-state index in [0.717, 1.165) is 0 Å². The zero-order valence-electron chi connectivity index (χ0n) is 40.2. The van der Waals surface area contributed by atoms with E-state index >= 15 is 0 Å². The second-order valence-electron chi connectivity index (χ2n) is 17.5. The lowest BCUT2D eigenvalue weighted by Crippen LogP contribution is -2.60. The van der Waals surface area contributed by atoms with Gasteiger partial charge in [-0.3, -0.25) is 43.3 Å². The average molecular weight is 985 g/mol. The summed E-state index contributed by atoms with van der Waals surface area (Å²) in [5.74, 6) is -5.64. The Hall–Kier alpha value is -4.82. The van der Waals surface area contributed by atoms with Crippen molar-refractivity contribution in [1.29, 1.82) is 0 Å². The van der Waals surface area contributed by atoms with Crippen LogP contribution in [-0.2, 0) is 38.4 Å². The normalized spacial score (nSPS) is 16.5. The number of unbranched alkanes of at least 4 members (excludes halogenated alkanes) is 4. The first-order chi connectivity index (χ1) is 32.4. The fraction of sp³-hybridized carbons (Fsp3) is 0.791. The zero-order chi connectivity index (χ0) is 51.2. The molecule has 1 saturated heterocycles. The van der Waals surface area contributed by atoms with E-state index in [2.05, 4.69) is 49.5 Å². The summed E-state index contributed by atoms with van der Waals surface area (Å²) in [5.41, 5.74) is 45.5. The van der Waals surface area contributed by atoms with Gasteiger partial charge in [0.05, 0.1) is 6.04 Å². The van der Waals surface area contributed by atoms with Crippen molar-refractivity contribution < 1.29 is 38.4 Å². The topological polar surface area (TPSA) is 432 Å². The molecule has 0 aromatic carbocycles. The van der Waals surface area contributed by atoms with Crippen molar-refractivity contribution in [1.82, 2.24) is 36.8 Å². The second kappa shape index (κ2) is 34.5. The van der Waals surface area contributed by atoms with Crippen LogP contribution >= 0.6 is 12.6 Å². The first-order valence-electron chi connectivity index (χ1n) is 24.0. The molecule has 0 aromatic heterocycles. The first-order valence-corrected chi connectivity index (χ1v) is 24.6. The summed E-state index contributed by atoms with van der Waals surface area (Å²) in [7, 11) is 0. The van der Waals surface area contributed by atoms with Crippen molar-refractivity contribution in [3.63, 3.8) is 0 Å². The molecule has 0 radical (unpaired) electrons. The molecule has 390 valence electrons. The van der Waals surface area contributed by atoms with Crippen molar-refractivity contribution in [2.45, 2.75) is 165 Å². The minimum absolute atomic E-state index is 0.00860. The minimum atomic E-state index is -1.26. The molecule has 0 aromatic rings. The molecule has 22 N–H and O–H groups in total. The number of likely N-dealkylation sites (tertiary alicyclic amines) is 1. The number of rotatable bonds is 36. The molecular weight excluding hydrogens is 901 g/mol. The fourth-order valence-electron chi connectivity index (χ4n) is 7.59. The molecule has 0 unspecified atom stereocenters. The van der Waals surface area contributed by atoms with Crippen LogP contribution in [0.1, 0.15) is 117 Å². The fourth-order valence-corrected chi connectivity index (χ4v) is 7.75. The quantitative estimate of drug-likeness (QED) is 0.0123. The number of hydrogen-bond donors (Lipinski definition) is 15. The van der Waals surface area contributed by atoms with Crippen LogP contribution in [0.15, 0.2) is 4.99 Å². The van der Waals surface area contributed by atoms with Crippen LogP contribution in [0.25, 0.3) is 0 Å². The van der Waals surface area contributed by atoms with Crippen molar-refractivity contribution in [2.24, 2.45) is 56.8 Å². The van der Waals surface area contributed by atoms with Crippen LogP contribution < -0.4 is 77.8 Å². The predicted molar refractivity (Wildman–Crippen MR) is 264 cm³/mol. The number of carbonyl (C=O) groups excluding carboxylic acids is 8. The molecule has 1 aliphatic rings. The third-order valence-corrected chi connectivity index (χ3v) is 11.9. The number of nitrogens with zero attached hydrogens (tertiary/aromatic N) is 2. The highest BCUT2D eigenvalue weighted by atomic mass is 32.1. The highest BCUT2D eigenvalue weighted by Gasteiger charge is 2.38. The molecule has 25 heteroatoms. The molecule has 0 bridgehead atoms. The zero-order valence-corrected chi connectivity index (χ0v) is 41.1. The van der Waals surface area contributed by atoms with Gasteiger partial charge in [0, 0.05) is 18.8 Å². The van der Waals surface area contributed by atoms with Gasteiger partial charge in [-0.15, -0.1) is 0 Å². The Morgan fingerprint density at radius 1 is 0.574 bits per heavy atom. The van der Waals surface area contributed by atoms with E-state index in [-0.39, 0.29) is 62.7 Å². The van der Waals surface area contributed by atoms with Crippen LogP contribution in [-0.4, -0.2) is 151 Å². The van der Waals surface area contributed by atoms with Gasteiger partial charge in [0.25, 0.3) is 0 Å². The Bertz CT molecular complexity index is 1620. The molecule has 68 heavy (non-hydrogen) atoms. The molecule has 1 rings (SSSR count). The summed E-state index contributed by atoms with van der Waals surface area (Å²) in [6.45, 7) is 5.11. The van der Waals surface area contributed by atoms with Gasteiger partial charge in [-0.05, 0) is 135 Å². The molecule has 8 amide bonds. The van der Waals surface area contributed by atoms with Crippen LogP contribution in [0.2, 0.25) is 0 Å². The van der Waals surface area contributed by atoms with Crippen molar-refractivity contribution >= 4 is 65.8 Å². The summed E-state index contributed by atoms with van der Waals surface area (Å²) in [4.78, 5) is 114. The van der Waals surface area contributed by atoms with Gasteiger partial charge in [0.2, 0.25) is 47.3 Å². The number of primary amides is 1. The van der Waals surface area contributed by atoms with E-state index in [0.29, 0.717) is 96.9 Å². The van der Waals surface area contributed by atoms with Gasteiger partial charge in [-0.1, -0.05) is 13.8 Å². The van der Waals surface area contributed by atoms with E-state index < -0.39 is 95.6 Å². The first kappa shape index (κ1) is 61.2. The largest absolute Gasteiger partial charge is 0.370 e. The monoisotopic (exact) mass is 985 g/mol. The number of carbonyl (C=O) groups is 8. The maximum atomic E-state index is 14.2. The standard InChI is InChI=1S/C43H84N16O8S/c1-26(2)34(35(49)60)58-40(65)31(16-6-10-22-47)55-39(64)32(17-11-23-52-43(50)51)56-37(62)29(14-4-8-20-45)53-36(61)28(13-3-7-19-44)54-38(63)30(15-5-9-21-46)57-41(66)33-18-12-24-59(33)42(67)27(48)25-68/h26-34,68H,3-25,44-48H2,1-2H3,(H2,49,60)(H,53,61)(H,54,63)(H,55,64)(H,56,62)(H,57,66)(H,58,65)(H4,50,51,52)/t27-,28-,29-,30-,31-,32-,33-,34-/m0/s1. The third kappa shape index (κ3) is 23.0. The number of hydrogen-bond acceptors (Lipinski definition) is 15.